The van der Waals surface area contributed by atoms with Crippen LogP contribution in [0.4, 0.5) is 0 Å². The van der Waals surface area contributed by atoms with E-state index in [0.29, 0.717) is 12.2 Å². The van der Waals surface area contributed by atoms with Gasteiger partial charge in [-0.3, -0.25) is 9.28 Å². The van der Waals surface area contributed by atoms with Crippen molar-refractivity contribution in [2.45, 2.75) is 13.3 Å². The number of allylic oxidation sites excluding steroid dienone is 3. The molecule has 1 heterocycles. The van der Waals surface area contributed by atoms with Crippen molar-refractivity contribution in [2.24, 2.45) is 5.41 Å². The van der Waals surface area contributed by atoms with Crippen LogP contribution in [0.5, 0.6) is 5.75 Å². The third-order valence-electron chi connectivity index (χ3n) is 5.03. The predicted octanol–water partition coefficient (Wildman–Crippen LogP) is 2.49. The number of quaternary nitrogens is 1. The monoisotopic (exact) mass is 313 g/mol. The SMILES string of the molecule is CC1(C(=O)Oc2ccccc2)CC=CC=C1[N+]1(C)CCNCC1. The molecule has 0 bridgehead atoms. The Morgan fingerprint density at radius 3 is 2.61 bits per heavy atom. The molecule has 4 heteroatoms. The van der Waals surface area contributed by atoms with Crippen LogP contribution in [0.25, 0.3) is 0 Å². The Morgan fingerprint density at radius 2 is 1.91 bits per heavy atom. The van der Waals surface area contributed by atoms with Gasteiger partial charge in [0.15, 0.2) is 0 Å². The summed E-state index contributed by atoms with van der Waals surface area (Å²) in [7, 11) is 2.22. The topological polar surface area (TPSA) is 38.3 Å². The zero-order valence-corrected chi connectivity index (χ0v) is 13.9. The Bertz CT molecular complexity index is 630. The Morgan fingerprint density at radius 1 is 1.22 bits per heavy atom. The summed E-state index contributed by atoms with van der Waals surface area (Å²) in [6.07, 6.45) is 6.93. The zero-order valence-electron chi connectivity index (χ0n) is 13.9. The number of nitrogens with zero attached hydrogens (tertiary/aromatic N) is 1. The van der Waals surface area contributed by atoms with Gasteiger partial charge in [-0.25, -0.2) is 0 Å². The molecule has 1 aromatic rings. The summed E-state index contributed by atoms with van der Waals surface area (Å²) in [5, 5.41) is 3.40. The lowest BCUT2D eigenvalue weighted by Crippen LogP contribution is -2.59. The highest BCUT2D eigenvalue weighted by molar-refractivity contribution is 5.82. The molecule has 1 fully saturated rings. The van der Waals surface area contributed by atoms with Gasteiger partial charge in [0.05, 0.1) is 20.1 Å². The summed E-state index contributed by atoms with van der Waals surface area (Å²) in [5.41, 5.74) is 0.541. The van der Waals surface area contributed by atoms with Gasteiger partial charge in [0, 0.05) is 13.1 Å². The number of nitrogens with one attached hydrogen (secondary N) is 1. The summed E-state index contributed by atoms with van der Waals surface area (Å²) in [5.74, 6) is 0.438. The second-order valence-corrected chi connectivity index (χ2v) is 6.81. The average Bonchev–Trinajstić information content (AvgIpc) is 2.56. The number of carbonyl (C=O) groups excluding carboxylic acids is 1. The van der Waals surface area contributed by atoms with Crippen LogP contribution in [0.2, 0.25) is 0 Å². The van der Waals surface area contributed by atoms with Gasteiger partial charge in [-0.15, -0.1) is 0 Å². The summed E-state index contributed by atoms with van der Waals surface area (Å²) in [4.78, 5) is 13.0. The van der Waals surface area contributed by atoms with E-state index in [1.165, 1.54) is 0 Å². The number of carbonyl (C=O) groups is 1. The third-order valence-corrected chi connectivity index (χ3v) is 5.03. The van der Waals surface area contributed by atoms with Gasteiger partial charge in [-0.2, -0.15) is 0 Å². The van der Waals surface area contributed by atoms with Crippen LogP contribution >= 0.6 is 0 Å². The van der Waals surface area contributed by atoms with E-state index in [1.807, 2.05) is 37.3 Å². The largest absolute Gasteiger partial charge is 0.426 e. The first kappa shape index (κ1) is 16.0. The Hall–Kier alpha value is -1.91. The number of rotatable bonds is 3. The van der Waals surface area contributed by atoms with E-state index < -0.39 is 5.41 Å². The van der Waals surface area contributed by atoms with Gasteiger partial charge in [0.25, 0.3) is 0 Å². The van der Waals surface area contributed by atoms with Crippen LogP contribution in [0.3, 0.4) is 0 Å². The lowest BCUT2D eigenvalue weighted by Gasteiger charge is -2.45. The van der Waals surface area contributed by atoms with E-state index in [-0.39, 0.29) is 5.97 Å². The van der Waals surface area contributed by atoms with E-state index in [0.717, 1.165) is 36.4 Å². The van der Waals surface area contributed by atoms with Gasteiger partial charge in [-0.05, 0) is 31.6 Å². The van der Waals surface area contributed by atoms with Crippen LogP contribution in [-0.2, 0) is 4.79 Å². The van der Waals surface area contributed by atoms with Crippen molar-refractivity contribution in [1.29, 1.82) is 0 Å². The van der Waals surface area contributed by atoms with Gasteiger partial charge < -0.3 is 10.1 Å². The number of hydrogen-bond donors (Lipinski definition) is 1. The first-order chi connectivity index (χ1) is 11.0. The fourth-order valence-corrected chi connectivity index (χ4v) is 3.55. The fourth-order valence-electron chi connectivity index (χ4n) is 3.55. The quantitative estimate of drug-likeness (QED) is 0.529. The van der Waals surface area contributed by atoms with Gasteiger partial charge in [-0.1, -0.05) is 30.4 Å². The molecule has 1 atom stereocenters. The molecular formula is C19H25N2O2+. The first-order valence-corrected chi connectivity index (χ1v) is 8.25. The molecule has 0 aromatic heterocycles. The molecule has 3 rings (SSSR count). The molecule has 122 valence electrons. The fraction of sp³-hybridized carbons (Fsp3) is 0.421. The predicted molar refractivity (Wildman–Crippen MR) is 90.8 cm³/mol. The van der Waals surface area contributed by atoms with Crippen LogP contribution in [0, 0.1) is 5.41 Å². The summed E-state index contributed by atoms with van der Waals surface area (Å²) in [6, 6.07) is 9.33. The van der Waals surface area contributed by atoms with E-state index in [4.69, 9.17) is 4.74 Å². The summed E-state index contributed by atoms with van der Waals surface area (Å²) >= 11 is 0. The second-order valence-electron chi connectivity index (χ2n) is 6.81. The molecule has 1 saturated heterocycles. The third kappa shape index (κ3) is 3.09. The van der Waals surface area contributed by atoms with E-state index in [9.17, 15) is 4.79 Å². The minimum absolute atomic E-state index is 0.169. The number of likely N-dealkylation sites (N-methyl/N-ethyl adjacent to an activating group) is 1. The van der Waals surface area contributed by atoms with Crippen LogP contribution in [-0.4, -0.2) is 43.7 Å². The Balaban J connectivity index is 1.87. The number of benzene rings is 1. The molecule has 1 aromatic carbocycles. The molecule has 1 aliphatic carbocycles. The van der Waals surface area contributed by atoms with Crippen molar-refractivity contribution in [3.63, 3.8) is 0 Å². The van der Waals surface area contributed by atoms with Gasteiger partial charge in [0.2, 0.25) is 0 Å². The van der Waals surface area contributed by atoms with Gasteiger partial charge >= 0.3 is 5.97 Å². The highest BCUT2D eigenvalue weighted by Gasteiger charge is 2.49. The average molecular weight is 313 g/mol. The molecule has 0 radical (unpaired) electrons. The van der Waals surface area contributed by atoms with Crippen LogP contribution in [0.15, 0.2) is 54.3 Å². The smallest absolute Gasteiger partial charge is 0.327 e. The minimum Gasteiger partial charge on any atom is -0.426 e. The lowest BCUT2D eigenvalue weighted by molar-refractivity contribution is -0.879. The molecule has 4 nitrogen and oxygen atoms in total. The molecule has 1 unspecified atom stereocenters. The lowest BCUT2D eigenvalue weighted by atomic mass is 9.78. The summed E-state index contributed by atoms with van der Waals surface area (Å²) in [6.45, 7) is 5.95. The number of ether oxygens (including phenoxy) is 1. The molecule has 2 aliphatic rings. The first-order valence-electron chi connectivity index (χ1n) is 8.25. The number of hydrogen-bond acceptors (Lipinski definition) is 3. The Kier molecular flexibility index (Phi) is 4.37. The maximum Gasteiger partial charge on any atom is 0.327 e. The summed E-state index contributed by atoms with van der Waals surface area (Å²) < 4.78 is 6.49. The Labute approximate surface area is 138 Å². The maximum absolute atomic E-state index is 13.0. The van der Waals surface area contributed by atoms with Crippen molar-refractivity contribution in [3.05, 3.63) is 54.3 Å². The highest BCUT2D eigenvalue weighted by Crippen LogP contribution is 2.41. The maximum atomic E-state index is 13.0. The number of esters is 1. The van der Waals surface area contributed by atoms with Crippen molar-refractivity contribution in [3.8, 4) is 5.75 Å². The normalized spacial score (nSPS) is 26.4. The van der Waals surface area contributed by atoms with Crippen LogP contribution < -0.4 is 10.1 Å². The molecular weight excluding hydrogens is 288 g/mol. The van der Waals surface area contributed by atoms with E-state index in [2.05, 4.69) is 30.6 Å². The van der Waals surface area contributed by atoms with E-state index in [1.54, 1.807) is 0 Å². The van der Waals surface area contributed by atoms with Crippen molar-refractivity contribution >= 4 is 5.97 Å². The molecule has 0 spiro atoms. The van der Waals surface area contributed by atoms with Crippen LogP contribution in [0.1, 0.15) is 13.3 Å². The highest BCUT2D eigenvalue weighted by atomic mass is 16.5. The van der Waals surface area contributed by atoms with Crippen molar-refractivity contribution in [1.82, 2.24) is 5.32 Å². The molecule has 1 N–H and O–H groups in total. The molecule has 1 aliphatic heterocycles. The minimum atomic E-state index is -0.614. The zero-order chi connectivity index (χ0) is 16.3. The standard InChI is InChI=1S/C19H25N2O2/c1-19(18(22)23-16-8-4-3-5-9-16)11-7-6-10-17(19)21(2)14-12-20-13-15-21/h3-10,20H,11-15H2,1-2H3/q+1. The molecule has 23 heavy (non-hydrogen) atoms. The van der Waals surface area contributed by atoms with E-state index >= 15 is 0 Å². The molecule has 0 saturated carbocycles. The van der Waals surface area contributed by atoms with Crippen molar-refractivity contribution in [2.75, 3.05) is 33.2 Å². The second kappa shape index (κ2) is 6.30. The van der Waals surface area contributed by atoms with Gasteiger partial charge in [0.1, 0.15) is 16.9 Å². The van der Waals surface area contributed by atoms with Crippen molar-refractivity contribution < 1.29 is 14.0 Å². The number of piperazine rings is 1. The molecule has 0 amide bonds. The number of para-hydroxylation sites is 1.